The first-order valence-corrected chi connectivity index (χ1v) is 9.82. The molecule has 172 valence electrons. The van der Waals surface area contributed by atoms with E-state index in [1.54, 1.807) is 0 Å². The molecule has 1 aromatic heterocycles. The van der Waals surface area contributed by atoms with Gasteiger partial charge in [-0.3, -0.25) is 4.79 Å². The molecule has 6 nitrogen and oxygen atoms in total. The zero-order valence-corrected chi connectivity index (χ0v) is 16.9. The SMILES string of the molecule is CC1C(=O)NCCN1C(=O)NC(c1ccc(Cl)c(C(F)(F)F)n1)C1CC(C(F)(F)F)C1. The first-order valence-electron chi connectivity index (χ1n) is 9.44. The predicted molar refractivity (Wildman–Crippen MR) is 97.0 cm³/mol. The van der Waals surface area contributed by atoms with Crippen LogP contribution in [0, 0.1) is 11.8 Å². The number of halogens is 7. The maximum Gasteiger partial charge on any atom is 0.434 e. The summed E-state index contributed by atoms with van der Waals surface area (Å²) >= 11 is 5.59. The summed E-state index contributed by atoms with van der Waals surface area (Å²) in [4.78, 5) is 29.2. The van der Waals surface area contributed by atoms with E-state index in [1.807, 2.05) is 0 Å². The van der Waals surface area contributed by atoms with Gasteiger partial charge in [0, 0.05) is 13.1 Å². The Bertz CT molecular complexity index is 856. The van der Waals surface area contributed by atoms with Gasteiger partial charge in [0.25, 0.3) is 0 Å². The minimum Gasteiger partial charge on any atom is -0.353 e. The van der Waals surface area contributed by atoms with Crippen LogP contribution in [0.25, 0.3) is 0 Å². The molecular weight excluding hydrogens is 454 g/mol. The monoisotopic (exact) mass is 472 g/mol. The summed E-state index contributed by atoms with van der Waals surface area (Å²) < 4.78 is 78.5. The Balaban J connectivity index is 1.88. The van der Waals surface area contributed by atoms with Crippen molar-refractivity contribution in [1.29, 1.82) is 0 Å². The number of alkyl halides is 6. The highest BCUT2D eigenvalue weighted by Crippen LogP contribution is 2.49. The molecule has 3 rings (SSSR count). The summed E-state index contributed by atoms with van der Waals surface area (Å²) in [6.07, 6.45) is -10.0. The van der Waals surface area contributed by atoms with E-state index in [4.69, 9.17) is 11.6 Å². The average molecular weight is 473 g/mol. The summed E-state index contributed by atoms with van der Waals surface area (Å²) in [5.74, 6) is -2.80. The molecule has 2 unspecified atom stereocenters. The van der Waals surface area contributed by atoms with Gasteiger partial charge in [0.1, 0.15) is 6.04 Å². The molecule has 13 heteroatoms. The van der Waals surface area contributed by atoms with E-state index in [0.29, 0.717) is 0 Å². The fourth-order valence-corrected chi connectivity index (χ4v) is 3.95. The van der Waals surface area contributed by atoms with Crippen LogP contribution in [-0.2, 0) is 11.0 Å². The molecule has 31 heavy (non-hydrogen) atoms. The molecule has 3 amide bonds. The fraction of sp³-hybridized carbons (Fsp3) is 0.611. The summed E-state index contributed by atoms with van der Waals surface area (Å²) in [5, 5.41) is 4.39. The third-order valence-corrected chi connectivity index (χ3v) is 5.91. The summed E-state index contributed by atoms with van der Waals surface area (Å²) in [6.45, 7) is 1.79. The van der Waals surface area contributed by atoms with Gasteiger partial charge in [-0.2, -0.15) is 26.3 Å². The number of nitrogens with zero attached hydrogens (tertiary/aromatic N) is 2. The lowest BCUT2D eigenvalue weighted by Crippen LogP contribution is -2.59. The zero-order chi connectivity index (χ0) is 23.1. The number of carbonyl (C=O) groups is 2. The van der Waals surface area contributed by atoms with Gasteiger partial charge in [0.15, 0.2) is 5.69 Å². The average Bonchev–Trinajstić information content (AvgIpc) is 2.60. The lowest BCUT2D eigenvalue weighted by atomic mass is 9.70. The van der Waals surface area contributed by atoms with Crippen LogP contribution < -0.4 is 10.6 Å². The van der Waals surface area contributed by atoms with Crippen LogP contribution in [0.5, 0.6) is 0 Å². The normalized spacial score (nSPS) is 25.5. The summed E-state index contributed by atoms with van der Waals surface area (Å²) in [5.41, 5.74) is -1.63. The number of amides is 3. The van der Waals surface area contributed by atoms with Gasteiger partial charge in [-0.25, -0.2) is 9.78 Å². The number of urea groups is 1. The molecule has 1 aromatic rings. The Morgan fingerprint density at radius 2 is 1.90 bits per heavy atom. The van der Waals surface area contributed by atoms with Crippen LogP contribution in [0.15, 0.2) is 12.1 Å². The van der Waals surface area contributed by atoms with E-state index in [-0.39, 0.29) is 31.6 Å². The highest BCUT2D eigenvalue weighted by Gasteiger charge is 2.51. The maximum atomic E-state index is 13.2. The fourth-order valence-electron chi connectivity index (χ4n) is 3.74. The molecule has 0 spiro atoms. The van der Waals surface area contributed by atoms with Crippen molar-refractivity contribution in [3.8, 4) is 0 Å². The first-order chi connectivity index (χ1) is 14.3. The van der Waals surface area contributed by atoms with Gasteiger partial charge < -0.3 is 15.5 Å². The Morgan fingerprint density at radius 1 is 1.26 bits per heavy atom. The summed E-state index contributed by atoms with van der Waals surface area (Å²) in [6, 6.07) is -0.726. The Kier molecular flexibility index (Phi) is 6.32. The second-order valence-electron chi connectivity index (χ2n) is 7.62. The third kappa shape index (κ3) is 4.99. The highest BCUT2D eigenvalue weighted by molar-refractivity contribution is 6.31. The smallest absolute Gasteiger partial charge is 0.353 e. The second kappa shape index (κ2) is 8.36. The number of piperazine rings is 1. The number of rotatable bonds is 3. The molecule has 0 bridgehead atoms. The van der Waals surface area contributed by atoms with E-state index in [1.165, 1.54) is 11.8 Å². The van der Waals surface area contributed by atoms with Crippen LogP contribution >= 0.6 is 11.6 Å². The topological polar surface area (TPSA) is 74.3 Å². The molecule has 2 aliphatic rings. The van der Waals surface area contributed by atoms with Crippen molar-refractivity contribution in [1.82, 2.24) is 20.5 Å². The molecule has 2 N–H and O–H groups in total. The highest BCUT2D eigenvalue weighted by atomic mass is 35.5. The van der Waals surface area contributed by atoms with E-state index < -0.39 is 58.9 Å². The Hall–Kier alpha value is -2.24. The van der Waals surface area contributed by atoms with Gasteiger partial charge in [-0.1, -0.05) is 11.6 Å². The largest absolute Gasteiger partial charge is 0.434 e. The van der Waals surface area contributed by atoms with Crippen molar-refractivity contribution in [3.05, 3.63) is 28.5 Å². The van der Waals surface area contributed by atoms with Crippen LogP contribution in [0.4, 0.5) is 31.1 Å². The minimum atomic E-state index is -4.88. The standard InChI is InChI=1S/C18H19ClF6N4O2/c1-8-15(30)26-4-5-29(8)16(31)28-13(9-6-10(7-9)17(20,21)22)12-3-2-11(19)14(27-12)18(23,24)25/h2-3,8-10,13H,4-7H2,1H3,(H,26,30)(H,28,31). The van der Waals surface area contributed by atoms with E-state index in [2.05, 4.69) is 15.6 Å². The Morgan fingerprint density at radius 3 is 2.48 bits per heavy atom. The number of carbonyl (C=O) groups excluding carboxylic acids is 2. The van der Waals surface area contributed by atoms with Crippen LogP contribution in [0.1, 0.15) is 37.2 Å². The minimum absolute atomic E-state index is 0.142. The van der Waals surface area contributed by atoms with Crippen molar-refractivity contribution in [2.75, 3.05) is 13.1 Å². The van der Waals surface area contributed by atoms with Gasteiger partial charge >= 0.3 is 18.4 Å². The number of nitrogens with one attached hydrogen (secondary N) is 2. The van der Waals surface area contributed by atoms with Gasteiger partial charge in [0.2, 0.25) is 5.91 Å². The molecule has 0 radical (unpaired) electrons. The van der Waals surface area contributed by atoms with Crippen LogP contribution in [-0.4, -0.2) is 47.1 Å². The molecule has 2 atom stereocenters. The molecular formula is C18H19ClF6N4O2. The molecule has 1 aliphatic heterocycles. The van der Waals surface area contributed by atoms with E-state index >= 15 is 0 Å². The molecule has 0 aromatic carbocycles. The van der Waals surface area contributed by atoms with Crippen molar-refractivity contribution < 1.29 is 35.9 Å². The molecule has 1 saturated carbocycles. The lowest BCUT2D eigenvalue weighted by Gasteiger charge is -2.42. The number of hydrogen-bond donors (Lipinski definition) is 2. The van der Waals surface area contributed by atoms with Crippen molar-refractivity contribution in [3.63, 3.8) is 0 Å². The van der Waals surface area contributed by atoms with E-state index in [0.717, 1.165) is 12.1 Å². The van der Waals surface area contributed by atoms with Crippen molar-refractivity contribution in [2.45, 2.75) is 44.2 Å². The number of aromatic nitrogens is 1. The molecule has 1 aliphatic carbocycles. The molecule has 1 saturated heterocycles. The maximum absolute atomic E-state index is 13.2. The van der Waals surface area contributed by atoms with Crippen LogP contribution in [0.2, 0.25) is 5.02 Å². The Labute approximate surface area is 178 Å². The van der Waals surface area contributed by atoms with Crippen LogP contribution in [0.3, 0.4) is 0 Å². The van der Waals surface area contributed by atoms with E-state index in [9.17, 15) is 35.9 Å². The third-order valence-electron chi connectivity index (χ3n) is 5.60. The number of pyridine rings is 1. The quantitative estimate of drug-likeness (QED) is 0.655. The zero-order valence-electron chi connectivity index (χ0n) is 16.1. The molecule has 2 heterocycles. The van der Waals surface area contributed by atoms with Gasteiger partial charge in [-0.15, -0.1) is 0 Å². The number of hydrogen-bond acceptors (Lipinski definition) is 3. The van der Waals surface area contributed by atoms with Crippen molar-refractivity contribution >= 4 is 23.5 Å². The summed E-state index contributed by atoms with van der Waals surface area (Å²) in [7, 11) is 0. The molecule has 2 fully saturated rings. The first kappa shape index (κ1) is 23.4. The van der Waals surface area contributed by atoms with Gasteiger partial charge in [0.05, 0.1) is 22.7 Å². The van der Waals surface area contributed by atoms with Crippen molar-refractivity contribution in [2.24, 2.45) is 11.8 Å². The predicted octanol–water partition coefficient (Wildman–Crippen LogP) is 3.91. The van der Waals surface area contributed by atoms with Gasteiger partial charge in [-0.05, 0) is 37.8 Å². The lowest BCUT2D eigenvalue weighted by molar-refractivity contribution is -0.206. The second-order valence-corrected chi connectivity index (χ2v) is 8.03.